The molecular weight excluding hydrogens is 467 g/mol. The molecule has 2 N–H and O–H groups in total. The minimum Gasteiger partial charge on any atom is -0.381 e. The van der Waals surface area contributed by atoms with E-state index in [0.717, 1.165) is 22.4 Å². The van der Waals surface area contributed by atoms with Gasteiger partial charge in [-0.2, -0.15) is 0 Å². The first-order chi connectivity index (χ1) is 16.4. The molecule has 5 nitrogen and oxygen atoms in total. The SMILES string of the molecule is CC(C)Nc1cc2n(-c3ccc(Cl)cc3)c3ccccc3nc-2c(=O)c1Nc1ccc(Cl)cc1. The lowest BCUT2D eigenvalue weighted by molar-refractivity contribution is 0.899. The Kier molecular flexibility index (Phi) is 5.90. The van der Waals surface area contributed by atoms with Gasteiger partial charge in [0, 0.05) is 27.5 Å². The number of nitrogens with zero attached hydrogens (tertiary/aromatic N) is 2. The maximum Gasteiger partial charge on any atom is 0.231 e. The van der Waals surface area contributed by atoms with Gasteiger partial charge in [0.05, 0.1) is 22.4 Å². The quantitative estimate of drug-likeness (QED) is 0.253. The number of para-hydroxylation sites is 2. The molecule has 1 aliphatic heterocycles. The highest BCUT2D eigenvalue weighted by molar-refractivity contribution is 6.30. The lowest BCUT2D eigenvalue weighted by atomic mass is 10.1. The molecule has 0 spiro atoms. The molecular formula is C27H22Cl2N4O. The van der Waals surface area contributed by atoms with Crippen LogP contribution < -0.4 is 16.1 Å². The highest BCUT2D eigenvalue weighted by Crippen LogP contribution is 2.34. The Morgan fingerprint density at radius 2 is 1.53 bits per heavy atom. The molecule has 34 heavy (non-hydrogen) atoms. The number of benzene rings is 4. The van der Waals surface area contributed by atoms with Crippen LogP contribution in [0.4, 0.5) is 17.1 Å². The van der Waals surface area contributed by atoms with E-state index in [0.29, 0.717) is 32.8 Å². The number of fused-ring (bicyclic) bond motifs is 2. The zero-order valence-electron chi connectivity index (χ0n) is 18.6. The summed E-state index contributed by atoms with van der Waals surface area (Å²) in [4.78, 5) is 18.6. The van der Waals surface area contributed by atoms with Crippen molar-refractivity contribution in [1.29, 1.82) is 0 Å². The van der Waals surface area contributed by atoms with Crippen LogP contribution in [0.25, 0.3) is 28.1 Å². The molecule has 0 amide bonds. The van der Waals surface area contributed by atoms with Crippen LogP contribution in [0.3, 0.4) is 0 Å². The molecule has 0 bridgehead atoms. The summed E-state index contributed by atoms with van der Waals surface area (Å²) >= 11 is 12.2. The van der Waals surface area contributed by atoms with Crippen LogP contribution in [0.15, 0.2) is 83.7 Å². The van der Waals surface area contributed by atoms with E-state index >= 15 is 0 Å². The summed E-state index contributed by atoms with van der Waals surface area (Å²) in [5.74, 6) is 0. The van der Waals surface area contributed by atoms with Gasteiger partial charge in [-0.05, 0) is 80.6 Å². The second-order valence-corrected chi connectivity index (χ2v) is 9.21. The molecule has 2 aliphatic rings. The third kappa shape index (κ3) is 4.20. The number of anilines is 3. The predicted molar refractivity (Wildman–Crippen MR) is 142 cm³/mol. The third-order valence-electron chi connectivity index (χ3n) is 5.47. The van der Waals surface area contributed by atoms with Crippen LogP contribution in [0.2, 0.25) is 10.0 Å². The Labute approximate surface area is 207 Å². The van der Waals surface area contributed by atoms with E-state index in [4.69, 9.17) is 28.2 Å². The maximum atomic E-state index is 13.9. The molecule has 0 aromatic heterocycles. The number of hydrogen-bond acceptors (Lipinski definition) is 4. The largest absolute Gasteiger partial charge is 0.381 e. The van der Waals surface area contributed by atoms with Crippen molar-refractivity contribution in [3.05, 3.63) is 99.1 Å². The molecule has 1 heterocycles. The van der Waals surface area contributed by atoms with Crippen LogP contribution in [0.1, 0.15) is 13.8 Å². The molecule has 7 heteroatoms. The molecule has 5 rings (SSSR count). The number of hydrogen-bond donors (Lipinski definition) is 2. The second-order valence-electron chi connectivity index (χ2n) is 8.34. The zero-order chi connectivity index (χ0) is 23.8. The van der Waals surface area contributed by atoms with Crippen LogP contribution in [-0.4, -0.2) is 15.6 Å². The van der Waals surface area contributed by atoms with E-state index in [1.807, 2.05) is 85.1 Å². The van der Waals surface area contributed by atoms with Crippen molar-refractivity contribution in [1.82, 2.24) is 9.55 Å². The van der Waals surface area contributed by atoms with Crippen molar-refractivity contribution >= 4 is 51.3 Å². The van der Waals surface area contributed by atoms with Gasteiger partial charge in [0.2, 0.25) is 5.43 Å². The fraction of sp³-hybridized carbons (Fsp3) is 0.111. The summed E-state index contributed by atoms with van der Waals surface area (Å²) in [6.45, 7) is 4.07. The molecule has 0 fully saturated rings. The third-order valence-corrected chi connectivity index (χ3v) is 5.98. The Bertz CT molecular complexity index is 1510. The van der Waals surface area contributed by atoms with Crippen molar-refractivity contribution in [3.63, 3.8) is 0 Å². The van der Waals surface area contributed by atoms with Crippen molar-refractivity contribution in [2.45, 2.75) is 19.9 Å². The molecule has 0 unspecified atom stereocenters. The van der Waals surface area contributed by atoms with E-state index in [-0.39, 0.29) is 11.5 Å². The fourth-order valence-electron chi connectivity index (χ4n) is 4.01. The molecule has 0 atom stereocenters. The van der Waals surface area contributed by atoms with E-state index in [2.05, 4.69) is 10.6 Å². The van der Waals surface area contributed by atoms with Crippen LogP contribution in [0, 0.1) is 0 Å². The van der Waals surface area contributed by atoms with Crippen molar-refractivity contribution in [2.24, 2.45) is 0 Å². The Morgan fingerprint density at radius 1 is 0.882 bits per heavy atom. The monoisotopic (exact) mass is 488 g/mol. The van der Waals surface area contributed by atoms with Crippen LogP contribution >= 0.6 is 23.2 Å². The average molecular weight is 489 g/mol. The maximum absolute atomic E-state index is 13.9. The molecule has 0 saturated carbocycles. The van der Waals surface area contributed by atoms with Crippen molar-refractivity contribution in [2.75, 3.05) is 10.6 Å². The summed E-state index contributed by atoms with van der Waals surface area (Å²) in [5.41, 5.74) is 5.30. The zero-order valence-corrected chi connectivity index (χ0v) is 20.2. The van der Waals surface area contributed by atoms with Gasteiger partial charge in [0.15, 0.2) is 0 Å². The molecule has 3 aromatic carbocycles. The summed E-state index contributed by atoms with van der Waals surface area (Å²) in [6, 6.07) is 24.7. The van der Waals surface area contributed by atoms with E-state index in [1.54, 1.807) is 12.1 Å². The second kappa shape index (κ2) is 9.01. The molecule has 0 radical (unpaired) electrons. The van der Waals surface area contributed by atoms with Crippen LogP contribution in [0.5, 0.6) is 0 Å². The summed E-state index contributed by atoms with van der Waals surface area (Å²) in [7, 11) is 0. The van der Waals surface area contributed by atoms with Gasteiger partial charge in [0.1, 0.15) is 11.4 Å². The number of halogens is 2. The van der Waals surface area contributed by atoms with E-state index < -0.39 is 0 Å². The Morgan fingerprint density at radius 3 is 2.21 bits per heavy atom. The van der Waals surface area contributed by atoms with Gasteiger partial charge in [-0.15, -0.1) is 0 Å². The van der Waals surface area contributed by atoms with Crippen molar-refractivity contribution < 1.29 is 0 Å². The fourth-order valence-corrected chi connectivity index (χ4v) is 4.26. The van der Waals surface area contributed by atoms with Gasteiger partial charge in [-0.25, -0.2) is 4.98 Å². The Balaban J connectivity index is 1.82. The molecule has 1 aliphatic carbocycles. The first-order valence-corrected chi connectivity index (χ1v) is 11.7. The average Bonchev–Trinajstić information content (AvgIpc) is 2.82. The summed E-state index contributed by atoms with van der Waals surface area (Å²) < 4.78 is 2.05. The summed E-state index contributed by atoms with van der Waals surface area (Å²) in [6.07, 6.45) is 0. The van der Waals surface area contributed by atoms with E-state index in [1.165, 1.54) is 0 Å². The van der Waals surface area contributed by atoms with Gasteiger partial charge in [0.25, 0.3) is 0 Å². The minimum atomic E-state index is -0.191. The smallest absolute Gasteiger partial charge is 0.231 e. The standard InChI is InChI=1S/C27H22Cl2N4O/c1-16(2)30-22-15-24-26(27(34)25(22)31-19-11-7-17(28)8-12-19)32-21-5-3-4-6-23(21)33(24)20-13-9-18(29)10-14-20/h3-16,30-31H,1-2H3. The topological polar surface area (TPSA) is 59.0 Å². The summed E-state index contributed by atoms with van der Waals surface area (Å²) in [5, 5.41) is 7.98. The minimum absolute atomic E-state index is 0.111. The molecule has 3 aromatic rings. The Hall–Kier alpha value is -3.54. The highest BCUT2D eigenvalue weighted by atomic mass is 35.5. The normalized spacial score (nSPS) is 11.3. The molecule has 170 valence electrons. The first-order valence-electron chi connectivity index (χ1n) is 10.9. The molecule has 0 saturated heterocycles. The lowest BCUT2D eigenvalue weighted by Gasteiger charge is -2.23. The van der Waals surface area contributed by atoms with Gasteiger partial charge >= 0.3 is 0 Å². The van der Waals surface area contributed by atoms with E-state index in [9.17, 15) is 4.79 Å². The highest BCUT2D eigenvalue weighted by Gasteiger charge is 2.23. The first kappa shape index (κ1) is 22.3. The van der Waals surface area contributed by atoms with Crippen molar-refractivity contribution in [3.8, 4) is 17.1 Å². The number of nitrogens with one attached hydrogen (secondary N) is 2. The number of aromatic nitrogens is 2. The number of rotatable bonds is 5. The van der Waals surface area contributed by atoms with Gasteiger partial charge < -0.3 is 15.2 Å². The predicted octanol–water partition coefficient (Wildman–Crippen LogP) is 7.36. The van der Waals surface area contributed by atoms with Gasteiger partial charge in [-0.1, -0.05) is 35.3 Å². The lowest BCUT2D eigenvalue weighted by Crippen LogP contribution is -2.21. The van der Waals surface area contributed by atoms with Crippen LogP contribution in [-0.2, 0) is 0 Å². The van der Waals surface area contributed by atoms with Gasteiger partial charge in [-0.3, -0.25) is 4.79 Å².